The minimum atomic E-state index is 0.756. The third-order valence-corrected chi connectivity index (χ3v) is 3.15. The first kappa shape index (κ1) is 10.6. The maximum Gasteiger partial charge on any atom is 0.0994 e. The van der Waals surface area contributed by atoms with Crippen LogP contribution in [0.15, 0.2) is 54.7 Å². The van der Waals surface area contributed by atoms with E-state index in [1.54, 1.807) is 0 Å². The molecule has 0 amide bonds. The van der Waals surface area contributed by atoms with E-state index in [0.29, 0.717) is 0 Å². The molecule has 0 saturated carbocycles. The Morgan fingerprint density at radius 1 is 1.06 bits per heavy atom. The molecule has 0 fully saturated rings. The molecule has 86 valence electrons. The number of benzene rings is 2. The van der Waals surface area contributed by atoms with E-state index < -0.39 is 0 Å². The fourth-order valence-corrected chi connectivity index (χ4v) is 2.22. The van der Waals surface area contributed by atoms with Gasteiger partial charge in [0.25, 0.3) is 0 Å². The predicted molar refractivity (Wildman–Crippen MR) is 72.3 cm³/mol. The molecule has 0 aliphatic carbocycles. The van der Waals surface area contributed by atoms with Gasteiger partial charge in [0.2, 0.25) is 0 Å². The topological polar surface area (TPSA) is 39.6 Å². The van der Waals surface area contributed by atoms with E-state index in [-0.39, 0.29) is 0 Å². The number of H-pyrrole nitrogens is 1. The van der Waals surface area contributed by atoms with Crippen LogP contribution >= 0.6 is 0 Å². The molecule has 1 heterocycles. The van der Waals surface area contributed by atoms with E-state index in [1.165, 1.54) is 10.9 Å². The van der Waals surface area contributed by atoms with Crippen molar-refractivity contribution < 1.29 is 0 Å². The van der Waals surface area contributed by atoms with Gasteiger partial charge in [-0.3, -0.25) is 0 Å². The summed E-state index contributed by atoms with van der Waals surface area (Å²) in [7, 11) is 0. The van der Waals surface area contributed by atoms with Crippen molar-refractivity contribution in [1.29, 1.82) is 5.26 Å². The highest BCUT2D eigenvalue weighted by Gasteiger charge is 2.03. The van der Waals surface area contributed by atoms with Crippen LogP contribution in [0.4, 0.5) is 0 Å². The first-order chi connectivity index (χ1) is 8.86. The van der Waals surface area contributed by atoms with Crippen LogP contribution in [0.5, 0.6) is 0 Å². The fraction of sp³-hybridized carbons (Fsp3) is 0.0625. The SMILES string of the molecule is N#Cc1ccccc1Cc1ccc2[nH]ccc2c1. The zero-order chi connectivity index (χ0) is 12.4. The fourth-order valence-electron chi connectivity index (χ4n) is 2.22. The quantitative estimate of drug-likeness (QED) is 0.720. The molecule has 1 aromatic heterocycles. The summed E-state index contributed by atoms with van der Waals surface area (Å²) in [5.41, 5.74) is 4.21. The van der Waals surface area contributed by atoms with Crippen LogP contribution in [0.1, 0.15) is 16.7 Å². The molecule has 0 bridgehead atoms. The Labute approximate surface area is 106 Å². The Morgan fingerprint density at radius 2 is 1.94 bits per heavy atom. The molecular formula is C16H12N2. The lowest BCUT2D eigenvalue weighted by Gasteiger charge is -2.04. The highest BCUT2D eigenvalue weighted by Crippen LogP contribution is 2.18. The lowest BCUT2D eigenvalue weighted by Crippen LogP contribution is -1.91. The van der Waals surface area contributed by atoms with E-state index in [0.717, 1.165) is 23.1 Å². The second-order valence-electron chi connectivity index (χ2n) is 4.35. The van der Waals surface area contributed by atoms with Crippen LogP contribution in [0.25, 0.3) is 10.9 Å². The number of aromatic amines is 1. The zero-order valence-electron chi connectivity index (χ0n) is 9.85. The molecule has 0 saturated heterocycles. The maximum absolute atomic E-state index is 9.08. The van der Waals surface area contributed by atoms with Crippen LogP contribution < -0.4 is 0 Å². The summed E-state index contributed by atoms with van der Waals surface area (Å²) in [5, 5.41) is 10.3. The molecular weight excluding hydrogens is 220 g/mol. The van der Waals surface area contributed by atoms with E-state index >= 15 is 0 Å². The lowest BCUT2D eigenvalue weighted by molar-refractivity contribution is 1.18. The number of nitrogens with zero attached hydrogens (tertiary/aromatic N) is 1. The summed E-state index contributed by atoms with van der Waals surface area (Å²) < 4.78 is 0. The number of fused-ring (bicyclic) bond motifs is 1. The highest BCUT2D eigenvalue weighted by atomic mass is 14.7. The number of hydrogen-bond acceptors (Lipinski definition) is 1. The Balaban J connectivity index is 1.98. The van der Waals surface area contributed by atoms with Gasteiger partial charge >= 0.3 is 0 Å². The van der Waals surface area contributed by atoms with Gasteiger partial charge in [0, 0.05) is 11.7 Å². The summed E-state index contributed by atoms with van der Waals surface area (Å²) in [4.78, 5) is 3.18. The Bertz CT molecular complexity index is 732. The van der Waals surface area contributed by atoms with Gasteiger partial charge in [-0.05, 0) is 47.2 Å². The Hall–Kier alpha value is -2.53. The van der Waals surface area contributed by atoms with E-state index in [2.05, 4.69) is 35.3 Å². The minimum Gasteiger partial charge on any atom is -0.361 e. The van der Waals surface area contributed by atoms with Crippen molar-refractivity contribution >= 4 is 10.9 Å². The zero-order valence-corrected chi connectivity index (χ0v) is 9.85. The third-order valence-electron chi connectivity index (χ3n) is 3.15. The summed E-state index contributed by atoms with van der Waals surface area (Å²) in [6.45, 7) is 0. The van der Waals surface area contributed by atoms with Crippen molar-refractivity contribution in [3.05, 3.63) is 71.4 Å². The molecule has 3 rings (SSSR count). The first-order valence-corrected chi connectivity index (χ1v) is 5.91. The average Bonchev–Trinajstić information content (AvgIpc) is 2.87. The first-order valence-electron chi connectivity index (χ1n) is 5.91. The second kappa shape index (κ2) is 4.38. The molecule has 2 heteroatoms. The van der Waals surface area contributed by atoms with Crippen molar-refractivity contribution in [3.63, 3.8) is 0 Å². The molecule has 2 nitrogen and oxygen atoms in total. The number of nitriles is 1. The van der Waals surface area contributed by atoms with Crippen molar-refractivity contribution in [2.24, 2.45) is 0 Å². The van der Waals surface area contributed by atoms with Crippen molar-refractivity contribution in [2.45, 2.75) is 6.42 Å². The molecule has 0 radical (unpaired) electrons. The lowest BCUT2D eigenvalue weighted by atomic mass is 10.00. The molecule has 0 unspecified atom stereocenters. The largest absolute Gasteiger partial charge is 0.361 e. The summed E-state index contributed by atoms with van der Waals surface area (Å²) in [5.74, 6) is 0. The van der Waals surface area contributed by atoms with Crippen molar-refractivity contribution in [3.8, 4) is 6.07 Å². The van der Waals surface area contributed by atoms with Crippen LogP contribution in [-0.2, 0) is 6.42 Å². The average molecular weight is 232 g/mol. The second-order valence-corrected chi connectivity index (χ2v) is 4.35. The van der Waals surface area contributed by atoms with Gasteiger partial charge in [-0.2, -0.15) is 5.26 Å². The Kier molecular flexibility index (Phi) is 2.59. The Morgan fingerprint density at radius 3 is 2.83 bits per heavy atom. The van der Waals surface area contributed by atoms with Crippen LogP contribution in [0.3, 0.4) is 0 Å². The number of aromatic nitrogens is 1. The van der Waals surface area contributed by atoms with Gasteiger partial charge in [0.1, 0.15) is 0 Å². The highest BCUT2D eigenvalue weighted by molar-refractivity contribution is 5.80. The summed E-state index contributed by atoms with van der Waals surface area (Å²) in [6, 6.07) is 18.4. The van der Waals surface area contributed by atoms with Gasteiger partial charge in [-0.25, -0.2) is 0 Å². The monoisotopic (exact) mass is 232 g/mol. The van der Waals surface area contributed by atoms with Crippen LogP contribution in [-0.4, -0.2) is 4.98 Å². The molecule has 3 aromatic rings. The molecule has 18 heavy (non-hydrogen) atoms. The molecule has 0 aliphatic rings. The predicted octanol–water partition coefficient (Wildman–Crippen LogP) is 3.63. The van der Waals surface area contributed by atoms with Crippen LogP contribution in [0, 0.1) is 11.3 Å². The molecule has 0 spiro atoms. The minimum absolute atomic E-state index is 0.756. The normalized spacial score (nSPS) is 10.4. The molecule has 1 N–H and O–H groups in total. The van der Waals surface area contributed by atoms with Crippen molar-refractivity contribution in [2.75, 3.05) is 0 Å². The smallest absolute Gasteiger partial charge is 0.0994 e. The number of nitrogens with one attached hydrogen (secondary N) is 1. The van der Waals surface area contributed by atoms with E-state index in [9.17, 15) is 0 Å². The molecule has 0 atom stereocenters. The van der Waals surface area contributed by atoms with Gasteiger partial charge in [-0.15, -0.1) is 0 Å². The maximum atomic E-state index is 9.08. The van der Waals surface area contributed by atoms with Gasteiger partial charge < -0.3 is 4.98 Å². The molecule has 2 aromatic carbocycles. The van der Waals surface area contributed by atoms with Gasteiger partial charge in [-0.1, -0.05) is 24.3 Å². The number of rotatable bonds is 2. The number of hydrogen-bond donors (Lipinski definition) is 1. The third kappa shape index (κ3) is 1.87. The van der Waals surface area contributed by atoms with Gasteiger partial charge in [0.05, 0.1) is 11.6 Å². The van der Waals surface area contributed by atoms with E-state index in [1.807, 2.05) is 30.5 Å². The standard InChI is InChI=1S/C16H12N2/c17-11-15-4-2-1-3-13(15)9-12-5-6-16-14(10-12)7-8-18-16/h1-8,10,18H,9H2. The summed E-state index contributed by atoms with van der Waals surface area (Å²) >= 11 is 0. The van der Waals surface area contributed by atoms with Crippen molar-refractivity contribution in [1.82, 2.24) is 4.98 Å². The molecule has 0 aliphatic heterocycles. The van der Waals surface area contributed by atoms with Crippen LogP contribution in [0.2, 0.25) is 0 Å². The summed E-state index contributed by atoms with van der Waals surface area (Å²) in [6.07, 6.45) is 2.74. The van der Waals surface area contributed by atoms with E-state index in [4.69, 9.17) is 5.26 Å². The van der Waals surface area contributed by atoms with Gasteiger partial charge in [0.15, 0.2) is 0 Å².